The Balaban J connectivity index is 1.61. The summed E-state index contributed by atoms with van der Waals surface area (Å²) < 4.78 is 19.3. The van der Waals surface area contributed by atoms with Crippen LogP contribution >= 0.6 is 35.6 Å². The van der Waals surface area contributed by atoms with Crippen LogP contribution < -0.4 is 4.90 Å². The van der Waals surface area contributed by atoms with Gasteiger partial charge in [-0.25, -0.2) is 4.39 Å². The molecule has 1 aliphatic rings. The van der Waals surface area contributed by atoms with Crippen LogP contribution in [0.2, 0.25) is 5.02 Å². The van der Waals surface area contributed by atoms with Gasteiger partial charge in [0.15, 0.2) is 4.32 Å². The molecule has 10 heteroatoms. The second kappa shape index (κ2) is 8.02. The van der Waals surface area contributed by atoms with Crippen LogP contribution in [0.15, 0.2) is 63.9 Å². The molecule has 4 rings (SSSR count). The molecule has 2 heterocycles. The Hall–Kier alpha value is -3.01. The molecule has 1 aromatic heterocycles. The van der Waals surface area contributed by atoms with Crippen molar-refractivity contribution in [1.82, 2.24) is 0 Å². The van der Waals surface area contributed by atoms with Crippen LogP contribution in [-0.4, -0.2) is 15.2 Å². The van der Waals surface area contributed by atoms with E-state index < -0.39 is 16.6 Å². The molecule has 1 amide bonds. The number of nitro groups is 1. The highest BCUT2D eigenvalue weighted by Crippen LogP contribution is 2.37. The highest BCUT2D eigenvalue weighted by molar-refractivity contribution is 8.27. The summed E-state index contributed by atoms with van der Waals surface area (Å²) in [7, 11) is 0. The second-order valence-electron chi connectivity index (χ2n) is 6.12. The van der Waals surface area contributed by atoms with Crippen molar-refractivity contribution >= 4 is 63.3 Å². The lowest BCUT2D eigenvalue weighted by atomic mass is 10.2. The van der Waals surface area contributed by atoms with Gasteiger partial charge >= 0.3 is 0 Å². The van der Waals surface area contributed by atoms with E-state index in [4.69, 9.17) is 28.2 Å². The molecule has 0 N–H and O–H groups in total. The van der Waals surface area contributed by atoms with Crippen molar-refractivity contribution in [1.29, 1.82) is 0 Å². The molecule has 0 unspecified atom stereocenters. The molecule has 0 aliphatic carbocycles. The van der Waals surface area contributed by atoms with Crippen molar-refractivity contribution in [3.8, 4) is 11.3 Å². The van der Waals surface area contributed by atoms with Gasteiger partial charge in [0.25, 0.3) is 11.6 Å². The molecule has 0 saturated carbocycles. The summed E-state index contributed by atoms with van der Waals surface area (Å²) in [5, 5.41) is 11.0. The van der Waals surface area contributed by atoms with Crippen LogP contribution in [0.1, 0.15) is 5.76 Å². The van der Waals surface area contributed by atoms with Gasteiger partial charge in [-0.15, -0.1) is 0 Å². The predicted molar refractivity (Wildman–Crippen MR) is 118 cm³/mol. The number of rotatable bonds is 4. The fourth-order valence-electron chi connectivity index (χ4n) is 2.80. The minimum Gasteiger partial charge on any atom is -0.457 e. The number of halogens is 2. The smallest absolute Gasteiger partial charge is 0.271 e. The Kier molecular flexibility index (Phi) is 5.42. The van der Waals surface area contributed by atoms with E-state index in [2.05, 4.69) is 0 Å². The molecular weight excluding hydrogens is 451 g/mol. The van der Waals surface area contributed by atoms with Gasteiger partial charge in [-0.1, -0.05) is 41.6 Å². The van der Waals surface area contributed by atoms with E-state index in [1.807, 2.05) is 0 Å². The Morgan fingerprint density at radius 2 is 2.00 bits per heavy atom. The van der Waals surface area contributed by atoms with Crippen LogP contribution in [0.3, 0.4) is 0 Å². The van der Waals surface area contributed by atoms with E-state index in [1.165, 1.54) is 47.4 Å². The van der Waals surface area contributed by atoms with Gasteiger partial charge in [0.05, 0.1) is 20.5 Å². The molecule has 2 aromatic carbocycles. The normalized spacial score (nSPS) is 15.3. The zero-order valence-corrected chi connectivity index (χ0v) is 17.3. The number of nitro benzene ring substituents is 1. The summed E-state index contributed by atoms with van der Waals surface area (Å²) in [6.07, 6.45) is 1.53. The summed E-state index contributed by atoms with van der Waals surface area (Å²) in [6.45, 7) is 0. The maximum absolute atomic E-state index is 13.3. The van der Waals surface area contributed by atoms with Crippen molar-refractivity contribution < 1.29 is 18.5 Å². The Bertz CT molecular complexity index is 1240. The van der Waals surface area contributed by atoms with Crippen LogP contribution in [0, 0.1) is 15.9 Å². The molecule has 0 bridgehead atoms. The molecule has 1 saturated heterocycles. The van der Waals surface area contributed by atoms with Crippen molar-refractivity contribution in [2.24, 2.45) is 0 Å². The number of carbonyl (C=O) groups is 1. The number of non-ortho nitro benzene ring substituents is 1. The number of anilines is 1. The quantitative estimate of drug-likeness (QED) is 0.204. The highest BCUT2D eigenvalue weighted by atomic mass is 35.5. The first-order chi connectivity index (χ1) is 14.3. The molecule has 1 aliphatic heterocycles. The molecular formula is C20H10ClFN2O4S2. The van der Waals surface area contributed by atoms with E-state index in [-0.39, 0.29) is 15.0 Å². The van der Waals surface area contributed by atoms with Gasteiger partial charge in [-0.05, 0) is 36.4 Å². The second-order valence-corrected chi connectivity index (χ2v) is 8.21. The van der Waals surface area contributed by atoms with Crippen LogP contribution in [0.4, 0.5) is 15.8 Å². The molecule has 0 spiro atoms. The third-order valence-electron chi connectivity index (χ3n) is 4.20. The van der Waals surface area contributed by atoms with Gasteiger partial charge in [0.1, 0.15) is 17.3 Å². The minimum atomic E-state index is -0.539. The van der Waals surface area contributed by atoms with Crippen LogP contribution in [0.5, 0.6) is 0 Å². The maximum Gasteiger partial charge on any atom is 0.271 e. The van der Waals surface area contributed by atoms with Crippen molar-refractivity contribution in [3.05, 3.63) is 86.2 Å². The standard InChI is InChI=1S/C20H10ClFN2O4S2/c21-15-8-11(4-6-16(15)22)17-7-5-14(28-17)10-18-19(25)23(20(29)30-18)12-2-1-3-13(9-12)24(26)27/h1-10H. The highest BCUT2D eigenvalue weighted by Gasteiger charge is 2.34. The summed E-state index contributed by atoms with van der Waals surface area (Å²) >= 11 is 12.2. The number of carbonyl (C=O) groups excluding carboxylic acids is 1. The number of nitrogens with zero attached hydrogens (tertiary/aromatic N) is 2. The van der Waals surface area contributed by atoms with E-state index in [0.29, 0.717) is 27.7 Å². The van der Waals surface area contributed by atoms with Crippen molar-refractivity contribution in [3.63, 3.8) is 0 Å². The van der Waals surface area contributed by atoms with Gasteiger partial charge in [0, 0.05) is 23.8 Å². The first-order valence-electron chi connectivity index (χ1n) is 8.41. The molecule has 3 aromatic rings. The van der Waals surface area contributed by atoms with E-state index in [9.17, 15) is 19.3 Å². The monoisotopic (exact) mass is 460 g/mol. The topological polar surface area (TPSA) is 76.6 Å². The van der Waals surface area contributed by atoms with Crippen LogP contribution in [0.25, 0.3) is 17.4 Å². The lowest BCUT2D eigenvalue weighted by Crippen LogP contribution is -2.27. The lowest BCUT2D eigenvalue weighted by Gasteiger charge is -2.13. The number of thiocarbonyl (C=S) groups is 1. The fraction of sp³-hybridized carbons (Fsp3) is 0. The van der Waals surface area contributed by atoms with Gasteiger partial charge in [0.2, 0.25) is 0 Å². The SMILES string of the molecule is O=C1C(=Cc2ccc(-c3ccc(F)c(Cl)c3)o2)SC(=S)N1c1cccc([N+](=O)[O-])c1. The molecule has 150 valence electrons. The average molecular weight is 461 g/mol. The summed E-state index contributed by atoms with van der Waals surface area (Å²) in [5.41, 5.74) is 0.764. The number of thioether (sulfide) groups is 1. The number of furan rings is 1. The van der Waals surface area contributed by atoms with E-state index >= 15 is 0 Å². The zero-order valence-electron chi connectivity index (χ0n) is 14.9. The largest absolute Gasteiger partial charge is 0.457 e. The number of benzene rings is 2. The number of hydrogen-bond acceptors (Lipinski definition) is 6. The minimum absolute atomic E-state index is 0.0247. The predicted octanol–water partition coefficient (Wildman–Crippen LogP) is 6.05. The number of amides is 1. The zero-order chi connectivity index (χ0) is 21.4. The Morgan fingerprint density at radius 1 is 1.20 bits per heavy atom. The molecule has 0 radical (unpaired) electrons. The summed E-state index contributed by atoms with van der Waals surface area (Å²) in [4.78, 5) is 24.9. The van der Waals surface area contributed by atoms with Gasteiger partial charge in [-0.3, -0.25) is 19.8 Å². The Morgan fingerprint density at radius 3 is 2.73 bits per heavy atom. The average Bonchev–Trinajstić information content (AvgIpc) is 3.29. The molecule has 6 nitrogen and oxygen atoms in total. The molecule has 1 fully saturated rings. The van der Waals surface area contributed by atoms with Gasteiger partial charge < -0.3 is 4.42 Å². The first-order valence-corrected chi connectivity index (χ1v) is 10.0. The van der Waals surface area contributed by atoms with Crippen molar-refractivity contribution in [2.75, 3.05) is 4.90 Å². The third kappa shape index (κ3) is 3.87. The lowest BCUT2D eigenvalue weighted by molar-refractivity contribution is -0.384. The Labute approximate surface area is 184 Å². The summed E-state index contributed by atoms with van der Waals surface area (Å²) in [5.74, 6) is -0.0902. The van der Waals surface area contributed by atoms with Crippen molar-refractivity contribution in [2.45, 2.75) is 0 Å². The summed E-state index contributed by atoms with van der Waals surface area (Å²) in [6, 6.07) is 13.2. The molecule has 30 heavy (non-hydrogen) atoms. The maximum atomic E-state index is 13.3. The first kappa shape index (κ1) is 20.3. The fourth-order valence-corrected chi connectivity index (χ4v) is 4.26. The molecule has 0 atom stereocenters. The van der Waals surface area contributed by atoms with Gasteiger partial charge in [-0.2, -0.15) is 0 Å². The van der Waals surface area contributed by atoms with Crippen LogP contribution in [-0.2, 0) is 4.79 Å². The van der Waals surface area contributed by atoms with E-state index in [1.54, 1.807) is 18.2 Å². The number of hydrogen-bond donors (Lipinski definition) is 0. The third-order valence-corrected chi connectivity index (χ3v) is 5.79. The van der Waals surface area contributed by atoms with E-state index in [0.717, 1.165) is 11.8 Å².